The number of hydrogen-bond donors (Lipinski definition) is 2. The van der Waals surface area contributed by atoms with Crippen LogP contribution in [0.2, 0.25) is 0 Å². The Morgan fingerprint density at radius 2 is 1.72 bits per heavy atom. The van der Waals surface area contributed by atoms with Crippen LogP contribution in [-0.4, -0.2) is 53.0 Å². The summed E-state index contributed by atoms with van der Waals surface area (Å²) >= 11 is 0. The molecule has 0 saturated carbocycles. The number of aliphatic imine (C=N–C) groups is 1. The molecule has 108 valence electrons. The lowest BCUT2D eigenvalue weighted by Crippen LogP contribution is -2.38. The highest BCUT2D eigenvalue weighted by atomic mass is 16.5. The molecule has 0 unspecified atom stereocenters. The van der Waals surface area contributed by atoms with E-state index in [9.17, 15) is 0 Å². The summed E-state index contributed by atoms with van der Waals surface area (Å²) in [5.74, 6) is 1.45. The molecule has 0 fully saturated rings. The van der Waals surface area contributed by atoms with Gasteiger partial charge in [0.05, 0.1) is 0 Å². The van der Waals surface area contributed by atoms with Crippen LogP contribution in [0.1, 0.15) is 26.7 Å². The minimum atomic E-state index is 0.605. The molecule has 0 radical (unpaired) electrons. The summed E-state index contributed by atoms with van der Waals surface area (Å²) in [6.07, 6.45) is 1.97. The summed E-state index contributed by atoms with van der Waals surface area (Å²) in [5.41, 5.74) is 0. The van der Waals surface area contributed by atoms with Crippen LogP contribution >= 0.6 is 0 Å². The molecule has 2 N–H and O–H groups in total. The molecule has 0 aromatic carbocycles. The number of nitrogens with zero attached hydrogens (tertiary/aromatic N) is 1. The lowest BCUT2D eigenvalue weighted by molar-refractivity contribution is 0.108. The molecule has 18 heavy (non-hydrogen) atoms. The van der Waals surface area contributed by atoms with Crippen LogP contribution < -0.4 is 10.6 Å². The molecule has 0 aliphatic rings. The van der Waals surface area contributed by atoms with Gasteiger partial charge in [0.25, 0.3) is 0 Å². The molecule has 0 rings (SSSR count). The highest BCUT2D eigenvalue weighted by Crippen LogP contribution is 1.92. The predicted octanol–water partition coefficient (Wildman–Crippen LogP) is 1.25. The molecule has 0 saturated heterocycles. The summed E-state index contributed by atoms with van der Waals surface area (Å²) in [6.45, 7) is 8.47. The average molecular weight is 259 g/mol. The molecule has 0 heterocycles. The number of ether oxygens (including phenoxy) is 2. The quantitative estimate of drug-likeness (QED) is 0.352. The molecule has 0 amide bonds. The average Bonchev–Trinajstić information content (AvgIpc) is 2.35. The fraction of sp³-hybridized carbons (Fsp3) is 0.923. The number of rotatable bonds is 10. The van der Waals surface area contributed by atoms with E-state index in [-0.39, 0.29) is 0 Å². The van der Waals surface area contributed by atoms with Crippen LogP contribution in [0.4, 0.5) is 0 Å². The van der Waals surface area contributed by atoms with E-state index in [1.807, 2.05) is 0 Å². The van der Waals surface area contributed by atoms with Crippen molar-refractivity contribution in [1.29, 1.82) is 0 Å². The largest absolute Gasteiger partial charge is 0.385 e. The minimum Gasteiger partial charge on any atom is -0.385 e. The first kappa shape index (κ1) is 17.2. The first-order chi connectivity index (χ1) is 8.70. The molecule has 5 heteroatoms. The van der Waals surface area contributed by atoms with Gasteiger partial charge in [-0.25, -0.2) is 0 Å². The lowest BCUT2D eigenvalue weighted by atomic mass is 10.2. The Labute approximate surface area is 111 Å². The summed E-state index contributed by atoms with van der Waals surface area (Å²) < 4.78 is 10.5. The molecule has 0 aromatic rings. The van der Waals surface area contributed by atoms with E-state index < -0.39 is 0 Å². The molecule has 0 spiro atoms. The van der Waals surface area contributed by atoms with Crippen molar-refractivity contribution in [1.82, 2.24) is 10.6 Å². The van der Waals surface area contributed by atoms with Gasteiger partial charge in [0, 0.05) is 47.1 Å². The summed E-state index contributed by atoms with van der Waals surface area (Å²) in [7, 11) is 3.49. The molecule has 0 atom stereocenters. The Morgan fingerprint density at radius 1 is 1.11 bits per heavy atom. The number of methoxy groups -OCH3 is 1. The van der Waals surface area contributed by atoms with Gasteiger partial charge in [0.1, 0.15) is 0 Å². The molecule has 0 aromatic heterocycles. The Hall–Kier alpha value is -0.810. The third-order valence-corrected chi connectivity index (χ3v) is 2.25. The van der Waals surface area contributed by atoms with Crippen molar-refractivity contribution in [3.05, 3.63) is 0 Å². The SMILES string of the molecule is CN=C(NCCCOC)NCCCOCC(C)C. The van der Waals surface area contributed by atoms with Gasteiger partial charge in [0.2, 0.25) is 0 Å². The van der Waals surface area contributed by atoms with Crippen LogP contribution in [0.3, 0.4) is 0 Å². The van der Waals surface area contributed by atoms with Crippen molar-refractivity contribution in [2.24, 2.45) is 10.9 Å². The van der Waals surface area contributed by atoms with E-state index in [0.29, 0.717) is 5.92 Å². The number of guanidine groups is 1. The maximum Gasteiger partial charge on any atom is 0.190 e. The van der Waals surface area contributed by atoms with Crippen molar-refractivity contribution in [3.63, 3.8) is 0 Å². The van der Waals surface area contributed by atoms with E-state index in [0.717, 1.165) is 51.7 Å². The topological polar surface area (TPSA) is 54.9 Å². The fourth-order valence-electron chi connectivity index (χ4n) is 1.34. The maximum atomic E-state index is 5.51. The van der Waals surface area contributed by atoms with Crippen molar-refractivity contribution in [3.8, 4) is 0 Å². The Bertz CT molecular complexity index is 208. The number of nitrogens with one attached hydrogen (secondary N) is 2. The van der Waals surface area contributed by atoms with Crippen molar-refractivity contribution >= 4 is 5.96 Å². The van der Waals surface area contributed by atoms with Gasteiger partial charge in [-0.15, -0.1) is 0 Å². The van der Waals surface area contributed by atoms with Gasteiger partial charge in [-0.05, 0) is 18.8 Å². The lowest BCUT2D eigenvalue weighted by Gasteiger charge is -2.12. The van der Waals surface area contributed by atoms with E-state index in [1.54, 1.807) is 14.2 Å². The van der Waals surface area contributed by atoms with Gasteiger partial charge >= 0.3 is 0 Å². The van der Waals surface area contributed by atoms with Crippen molar-refractivity contribution in [2.75, 3.05) is 47.1 Å². The van der Waals surface area contributed by atoms with Gasteiger partial charge in [-0.2, -0.15) is 0 Å². The van der Waals surface area contributed by atoms with Crippen LogP contribution in [0.15, 0.2) is 4.99 Å². The van der Waals surface area contributed by atoms with E-state index in [4.69, 9.17) is 9.47 Å². The van der Waals surface area contributed by atoms with Crippen LogP contribution in [0.5, 0.6) is 0 Å². The molecular formula is C13H29N3O2. The zero-order valence-electron chi connectivity index (χ0n) is 12.3. The zero-order chi connectivity index (χ0) is 13.6. The zero-order valence-corrected chi connectivity index (χ0v) is 12.3. The molecule has 0 bridgehead atoms. The Kier molecular flexibility index (Phi) is 12.1. The molecular weight excluding hydrogens is 230 g/mol. The van der Waals surface area contributed by atoms with Crippen LogP contribution in [-0.2, 0) is 9.47 Å². The second-order valence-corrected chi connectivity index (χ2v) is 4.59. The fourth-order valence-corrected chi connectivity index (χ4v) is 1.34. The monoisotopic (exact) mass is 259 g/mol. The van der Waals surface area contributed by atoms with Crippen LogP contribution in [0, 0.1) is 5.92 Å². The van der Waals surface area contributed by atoms with Gasteiger partial charge in [-0.1, -0.05) is 13.8 Å². The third kappa shape index (κ3) is 11.7. The third-order valence-electron chi connectivity index (χ3n) is 2.25. The highest BCUT2D eigenvalue weighted by molar-refractivity contribution is 5.79. The summed E-state index contributed by atoms with van der Waals surface area (Å²) in [5, 5.41) is 6.48. The first-order valence-electron chi connectivity index (χ1n) is 6.72. The Morgan fingerprint density at radius 3 is 2.22 bits per heavy atom. The summed E-state index contributed by atoms with van der Waals surface area (Å²) in [4.78, 5) is 4.14. The molecule has 5 nitrogen and oxygen atoms in total. The van der Waals surface area contributed by atoms with E-state index in [2.05, 4.69) is 29.5 Å². The molecule has 0 aliphatic heterocycles. The van der Waals surface area contributed by atoms with E-state index in [1.165, 1.54) is 0 Å². The van der Waals surface area contributed by atoms with Crippen molar-refractivity contribution < 1.29 is 9.47 Å². The standard InChI is InChI=1S/C13H29N3O2/c1-12(2)11-18-10-6-8-16-13(14-3)15-7-5-9-17-4/h12H,5-11H2,1-4H3,(H2,14,15,16). The van der Waals surface area contributed by atoms with Gasteiger partial charge in [-0.3, -0.25) is 4.99 Å². The van der Waals surface area contributed by atoms with E-state index >= 15 is 0 Å². The van der Waals surface area contributed by atoms with Crippen molar-refractivity contribution in [2.45, 2.75) is 26.7 Å². The molecule has 0 aliphatic carbocycles. The highest BCUT2D eigenvalue weighted by Gasteiger charge is 1.97. The number of hydrogen-bond acceptors (Lipinski definition) is 3. The van der Waals surface area contributed by atoms with Gasteiger partial charge < -0.3 is 20.1 Å². The van der Waals surface area contributed by atoms with Crippen LogP contribution in [0.25, 0.3) is 0 Å². The predicted molar refractivity (Wildman–Crippen MR) is 76.1 cm³/mol. The summed E-state index contributed by atoms with van der Waals surface area (Å²) in [6, 6.07) is 0. The maximum absolute atomic E-state index is 5.51. The normalized spacial score (nSPS) is 11.9. The first-order valence-corrected chi connectivity index (χ1v) is 6.72. The minimum absolute atomic E-state index is 0.605. The second kappa shape index (κ2) is 12.6. The van der Waals surface area contributed by atoms with Gasteiger partial charge in [0.15, 0.2) is 5.96 Å². The second-order valence-electron chi connectivity index (χ2n) is 4.59. The smallest absolute Gasteiger partial charge is 0.190 e. The Balaban J connectivity index is 3.39.